The monoisotopic (exact) mass is 1170 g/mol. The number of carboxylic acids is 1. The van der Waals surface area contributed by atoms with E-state index in [-0.39, 0.29) is 45.6 Å². The zero-order valence-electron chi connectivity index (χ0n) is 42.8. The van der Waals surface area contributed by atoms with Crippen molar-refractivity contribution in [3.63, 3.8) is 0 Å². The Bertz CT molecular complexity index is 3070. The van der Waals surface area contributed by atoms with Crippen molar-refractivity contribution in [2.24, 2.45) is 0 Å². The number of hydrogen-bond donors (Lipinski definition) is 15. The van der Waals surface area contributed by atoms with Gasteiger partial charge >= 0.3 is 23.9 Å². The van der Waals surface area contributed by atoms with Crippen LogP contribution in [-0.4, -0.2) is 212 Å². The van der Waals surface area contributed by atoms with Gasteiger partial charge in [-0.2, -0.15) is 0 Å². The summed E-state index contributed by atoms with van der Waals surface area (Å²) in [4.78, 5) is 48.0. The second-order valence-electron chi connectivity index (χ2n) is 19.0. The van der Waals surface area contributed by atoms with Gasteiger partial charge in [-0.1, -0.05) is 24.3 Å². The van der Waals surface area contributed by atoms with Gasteiger partial charge in [-0.05, 0) is 65.8 Å². The Morgan fingerprint density at radius 3 is 1.51 bits per heavy atom. The molecule has 29 heteroatoms. The Kier molecular flexibility index (Phi) is 19.3. The molecule has 446 valence electrons. The molecule has 8 rings (SSSR count). The van der Waals surface area contributed by atoms with E-state index in [1.165, 1.54) is 78.9 Å². The number of aliphatic hydroxyl groups is 9. The smallest absolute Gasteiger partial charge is 0.330 e. The van der Waals surface area contributed by atoms with Gasteiger partial charge in [0, 0.05) is 29.8 Å². The summed E-state index contributed by atoms with van der Waals surface area (Å²) in [5.74, 6) is -7.54. The topological polar surface area (TPSA) is 464 Å². The molecule has 29 nitrogen and oxygen atoms in total. The Labute approximate surface area is 467 Å². The summed E-state index contributed by atoms with van der Waals surface area (Å²) >= 11 is 0. The first-order valence-electron chi connectivity index (χ1n) is 25.0. The summed E-state index contributed by atoms with van der Waals surface area (Å²) in [6.07, 6.45) is -23.5. The second kappa shape index (κ2) is 26.3. The van der Waals surface area contributed by atoms with Crippen molar-refractivity contribution < 1.29 is 143 Å². The molecule has 3 fully saturated rings. The predicted molar refractivity (Wildman–Crippen MR) is 271 cm³/mol. The minimum absolute atomic E-state index is 0.0724. The summed E-state index contributed by atoms with van der Waals surface area (Å²) in [6.45, 7) is -2.12. The van der Waals surface area contributed by atoms with Crippen molar-refractivity contribution in [1.29, 1.82) is 0 Å². The lowest BCUT2D eigenvalue weighted by molar-refractivity contribution is -0.294. The average molecular weight is 1170 g/mol. The third-order valence-corrected chi connectivity index (χ3v) is 13.1. The highest BCUT2D eigenvalue weighted by Crippen LogP contribution is 2.46. The van der Waals surface area contributed by atoms with Crippen molar-refractivity contribution in [2.45, 2.75) is 105 Å². The molecule has 4 heterocycles. The molecule has 1 unspecified atom stereocenters. The number of aliphatic carboxylic acids is 1. The molecule has 0 spiro atoms. The number of fused-ring (bicyclic) bond motifs is 1. The van der Waals surface area contributed by atoms with E-state index in [0.29, 0.717) is 11.1 Å². The minimum Gasteiger partial charge on any atom is -0.508 e. The van der Waals surface area contributed by atoms with E-state index in [0.717, 1.165) is 24.3 Å². The maximum Gasteiger partial charge on any atom is 0.330 e. The highest BCUT2D eigenvalue weighted by molar-refractivity contribution is 5.90. The molecule has 4 aromatic rings. The number of carboxylic acid groups (broad SMARTS) is 1. The molecule has 0 saturated carbocycles. The van der Waals surface area contributed by atoms with Gasteiger partial charge in [-0.15, -0.1) is 0 Å². The zero-order valence-corrected chi connectivity index (χ0v) is 42.8. The zero-order chi connectivity index (χ0) is 60.0. The highest BCUT2D eigenvalue weighted by Gasteiger charge is 2.49. The standard InChI is InChI=1S/C54H56O29/c55-25-7-5-24(6-8-25)51-34(80-54-50(73)47(70)44(67)37(83-54)21-76-41(64)18-38(60)61)17-27-29(57)15-26(16-33(27)78-51)77-52-48(71)45(68)42(65)35(81-52)19-74-40(63)12-4-23-2-10-32(31(59)14-23)79-53-49(72)46(69)43(66)36(82-53)20-75-39(62)11-3-22-1-9-28(56)30(58)13-22/h1-17,35-37,42-59,65-73H,18-21H2,(H,60,61)/b11-3+,12-4+/t35-,36+,37+,42+,43+,44+,45-,46-,47+,48+,49+,50+,51?,52+,53+,54+/m0/s1. The summed E-state index contributed by atoms with van der Waals surface area (Å²) in [7, 11) is 0. The van der Waals surface area contributed by atoms with Crippen LogP contribution in [0.1, 0.15) is 34.8 Å². The first kappa shape index (κ1) is 60.8. The average Bonchev–Trinajstić information content (AvgIpc) is 3.62. The second-order valence-corrected chi connectivity index (χ2v) is 19.0. The molecule has 0 radical (unpaired) electrons. The van der Waals surface area contributed by atoms with Crippen molar-refractivity contribution >= 4 is 42.1 Å². The Morgan fingerprint density at radius 1 is 0.494 bits per heavy atom. The third-order valence-electron chi connectivity index (χ3n) is 13.1. The fourth-order valence-corrected chi connectivity index (χ4v) is 8.61. The normalized spacial score (nSPS) is 29.6. The van der Waals surface area contributed by atoms with Gasteiger partial charge in [-0.25, -0.2) is 9.59 Å². The van der Waals surface area contributed by atoms with Crippen LogP contribution in [0.25, 0.3) is 18.2 Å². The maximum atomic E-state index is 12.9. The van der Waals surface area contributed by atoms with Gasteiger partial charge < -0.3 is 124 Å². The van der Waals surface area contributed by atoms with Gasteiger partial charge in [0.25, 0.3) is 0 Å². The number of carbonyl (C=O) groups is 4. The summed E-state index contributed by atoms with van der Waals surface area (Å²) in [5.41, 5.74) is 0.741. The van der Waals surface area contributed by atoms with E-state index in [1.807, 2.05) is 0 Å². The number of aromatic hydroxyl groups is 5. The molecule has 0 aromatic heterocycles. The number of phenols is 5. The lowest BCUT2D eigenvalue weighted by Crippen LogP contribution is -2.60. The quantitative estimate of drug-likeness (QED) is 0.0166. The van der Waals surface area contributed by atoms with Crippen LogP contribution in [0.5, 0.6) is 46.0 Å². The molecular formula is C54H56O29. The summed E-state index contributed by atoms with van der Waals surface area (Å²) in [5, 5.41) is 156. The van der Waals surface area contributed by atoms with Gasteiger partial charge in [0.2, 0.25) is 18.9 Å². The van der Waals surface area contributed by atoms with Crippen molar-refractivity contribution in [3.05, 3.63) is 113 Å². The van der Waals surface area contributed by atoms with Crippen LogP contribution in [0.15, 0.2) is 90.7 Å². The number of phenolic OH excluding ortho intramolecular Hbond substituents is 5. The van der Waals surface area contributed by atoms with Crippen LogP contribution >= 0.6 is 0 Å². The largest absolute Gasteiger partial charge is 0.508 e. The molecule has 83 heavy (non-hydrogen) atoms. The van der Waals surface area contributed by atoms with E-state index in [2.05, 4.69) is 0 Å². The van der Waals surface area contributed by atoms with E-state index >= 15 is 0 Å². The number of hydrogen-bond acceptors (Lipinski definition) is 28. The van der Waals surface area contributed by atoms with Crippen molar-refractivity contribution in [1.82, 2.24) is 0 Å². The molecule has 3 saturated heterocycles. The summed E-state index contributed by atoms with van der Waals surface area (Å²) in [6, 6.07) is 15.2. The first-order chi connectivity index (χ1) is 39.4. The first-order valence-corrected chi connectivity index (χ1v) is 25.0. The molecule has 4 aliphatic heterocycles. The minimum atomic E-state index is -1.95. The molecule has 4 aliphatic rings. The van der Waals surface area contributed by atoms with Gasteiger partial charge in [0.05, 0.1) is 5.56 Å². The van der Waals surface area contributed by atoms with E-state index in [1.54, 1.807) is 0 Å². The Balaban J connectivity index is 0.877. The van der Waals surface area contributed by atoms with Gasteiger partial charge in [0.15, 0.2) is 29.1 Å². The molecule has 16 atom stereocenters. The number of esters is 3. The lowest BCUT2D eigenvalue weighted by Gasteiger charge is -2.41. The number of benzene rings is 4. The van der Waals surface area contributed by atoms with Crippen LogP contribution in [0.3, 0.4) is 0 Å². The van der Waals surface area contributed by atoms with Crippen molar-refractivity contribution in [3.8, 4) is 46.0 Å². The number of rotatable bonds is 19. The van der Waals surface area contributed by atoms with Crippen LogP contribution in [0, 0.1) is 0 Å². The number of ether oxygens (including phenoxy) is 10. The lowest BCUT2D eigenvalue weighted by atomic mass is 9.98. The van der Waals surface area contributed by atoms with Gasteiger partial charge in [-0.3, -0.25) is 9.59 Å². The van der Waals surface area contributed by atoms with Crippen LogP contribution < -0.4 is 14.2 Å². The highest BCUT2D eigenvalue weighted by atomic mass is 16.7. The number of carbonyl (C=O) groups excluding carboxylic acids is 3. The van der Waals surface area contributed by atoms with Crippen LogP contribution in [0.4, 0.5) is 0 Å². The third kappa shape index (κ3) is 14.7. The van der Waals surface area contributed by atoms with E-state index in [9.17, 15) is 90.7 Å². The molecular weight excluding hydrogens is 1110 g/mol. The fraction of sp³-hybridized carbons (Fsp3) is 0.370. The number of aliphatic hydroxyl groups excluding tert-OH is 9. The molecule has 0 aliphatic carbocycles. The van der Waals surface area contributed by atoms with Crippen LogP contribution in [0.2, 0.25) is 0 Å². The van der Waals surface area contributed by atoms with Crippen molar-refractivity contribution in [2.75, 3.05) is 19.8 Å². The van der Waals surface area contributed by atoms with E-state index in [4.69, 9.17) is 52.5 Å². The fourth-order valence-electron chi connectivity index (χ4n) is 8.61. The molecule has 4 aromatic carbocycles. The Hall–Kier alpha value is -8.30. The SMILES string of the molecule is O=C(O)CC(=O)OC[C@H]1O[C@@H](OC2=Cc3c(O)cc(O[C@@H]4O[C@@H](COC(=O)/C=C/c5ccc(O[C@@H]6O[C@H](COC(=O)/C=C/c7ccc(O)c(O)c7)[C@@H](O)[C@H](O)[C@H]6O)c(O)c5)[C@@H](O)[C@H](O)[C@H]4O)cc3OC2c2ccc(O)cc2)[C@H](O)[C@H](O)[C@@H]1O. The van der Waals surface area contributed by atoms with Crippen LogP contribution in [-0.2, 0) is 52.3 Å². The van der Waals surface area contributed by atoms with Gasteiger partial charge in [0.1, 0.15) is 128 Å². The molecule has 15 N–H and O–H groups in total. The van der Waals surface area contributed by atoms with E-state index < -0.39 is 166 Å². The maximum absolute atomic E-state index is 12.9. The molecule has 0 bridgehead atoms. The molecule has 0 amide bonds. The Morgan fingerprint density at radius 2 is 0.988 bits per heavy atom. The predicted octanol–water partition coefficient (Wildman–Crippen LogP) is -1.58. The summed E-state index contributed by atoms with van der Waals surface area (Å²) < 4.78 is 55.7.